The molecule has 3 N–H and O–H groups in total. The molecule has 9 heteroatoms. The Bertz CT molecular complexity index is 718. The summed E-state index contributed by atoms with van der Waals surface area (Å²) in [4.78, 5) is 12.4. The van der Waals surface area contributed by atoms with Gasteiger partial charge in [-0.15, -0.1) is 0 Å². The summed E-state index contributed by atoms with van der Waals surface area (Å²) in [6.07, 6.45) is 1.30. The lowest BCUT2D eigenvalue weighted by Crippen LogP contribution is -2.31. The van der Waals surface area contributed by atoms with Crippen LogP contribution >= 0.6 is 0 Å². The fraction of sp³-hybridized carbons (Fsp3) is 0.615. The molecular weight excluding hydrogens is 290 g/mol. The maximum Gasteiger partial charge on any atom is 0.167 e. The van der Waals surface area contributed by atoms with E-state index in [1.165, 1.54) is 6.33 Å². The number of nitrogens with two attached hydrogens (primary N) is 1. The van der Waals surface area contributed by atoms with Crippen molar-refractivity contribution >= 4 is 17.0 Å². The van der Waals surface area contributed by atoms with Crippen LogP contribution in [0.5, 0.6) is 0 Å². The normalized spacial score (nSPS) is 33.4. The number of aromatic nitrogens is 4. The Morgan fingerprint density at radius 1 is 1.27 bits per heavy atom. The first kappa shape index (κ1) is 13.8. The van der Waals surface area contributed by atoms with E-state index < -0.39 is 18.1 Å². The Hall–Kier alpha value is -1.81. The van der Waals surface area contributed by atoms with Crippen molar-refractivity contribution in [3.8, 4) is 0 Å². The van der Waals surface area contributed by atoms with Crippen molar-refractivity contribution in [2.75, 3.05) is 12.3 Å². The molecule has 4 rings (SSSR count). The SMILES string of the molecule is CC1(C)O[C@@H]2[C@H](O1)[C@H](CO)O[C@H]2n1cnc2c(N)ncnc21. The smallest absolute Gasteiger partial charge is 0.167 e. The second-order valence-corrected chi connectivity index (χ2v) is 5.90. The molecule has 0 aromatic carbocycles. The summed E-state index contributed by atoms with van der Waals surface area (Å²) in [5.74, 6) is -0.421. The first-order valence-electron chi connectivity index (χ1n) is 7.05. The average molecular weight is 307 g/mol. The molecule has 22 heavy (non-hydrogen) atoms. The largest absolute Gasteiger partial charge is 0.394 e. The zero-order valence-corrected chi connectivity index (χ0v) is 12.2. The number of imidazole rings is 1. The van der Waals surface area contributed by atoms with Crippen molar-refractivity contribution < 1.29 is 19.3 Å². The van der Waals surface area contributed by atoms with Gasteiger partial charge in [0, 0.05) is 0 Å². The molecular formula is C13H17N5O4. The van der Waals surface area contributed by atoms with Crippen LogP contribution in [0.25, 0.3) is 11.2 Å². The summed E-state index contributed by atoms with van der Waals surface area (Å²) in [5.41, 5.74) is 6.87. The molecule has 2 fully saturated rings. The minimum atomic E-state index is -0.727. The van der Waals surface area contributed by atoms with Crippen LogP contribution in [0.3, 0.4) is 0 Å². The third kappa shape index (κ3) is 1.90. The van der Waals surface area contributed by atoms with Gasteiger partial charge in [0.1, 0.15) is 30.2 Å². The first-order chi connectivity index (χ1) is 10.5. The molecule has 0 aliphatic carbocycles. The van der Waals surface area contributed by atoms with Crippen LogP contribution in [0, 0.1) is 0 Å². The molecule has 9 nitrogen and oxygen atoms in total. The van der Waals surface area contributed by atoms with Gasteiger partial charge in [-0.2, -0.15) is 0 Å². The number of hydrogen-bond acceptors (Lipinski definition) is 8. The fourth-order valence-corrected chi connectivity index (χ4v) is 3.09. The molecule has 0 radical (unpaired) electrons. The number of hydrogen-bond donors (Lipinski definition) is 2. The number of aliphatic hydroxyl groups excluding tert-OH is 1. The van der Waals surface area contributed by atoms with Crippen molar-refractivity contribution in [3.63, 3.8) is 0 Å². The summed E-state index contributed by atoms with van der Waals surface area (Å²) < 4.78 is 19.4. The standard InChI is InChI=1S/C13H17N5O4/c1-13(2)21-8-6(3-19)20-12(9(8)22-13)18-5-17-7-10(14)15-4-16-11(7)18/h4-6,8-9,12,19H,3H2,1-2H3,(H2,14,15,16)/t6-,8+,9+,12+/m0/s1. The number of aliphatic hydroxyl groups is 1. The third-order valence-corrected chi connectivity index (χ3v) is 3.97. The number of anilines is 1. The predicted molar refractivity (Wildman–Crippen MR) is 74.6 cm³/mol. The second-order valence-electron chi connectivity index (χ2n) is 5.90. The number of nitrogen functional groups attached to an aromatic ring is 1. The number of fused-ring (bicyclic) bond motifs is 2. The molecule has 0 spiro atoms. The van der Waals surface area contributed by atoms with Gasteiger partial charge < -0.3 is 25.1 Å². The van der Waals surface area contributed by atoms with Gasteiger partial charge in [-0.1, -0.05) is 0 Å². The van der Waals surface area contributed by atoms with E-state index in [2.05, 4.69) is 15.0 Å². The van der Waals surface area contributed by atoms with Crippen molar-refractivity contribution in [2.45, 2.75) is 44.2 Å². The molecule has 2 saturated heterocycles. The average Bonchev–Trinajstić information content (AvgIpc) is 3.10. The highest BCUT2D eigenvalue weighted by molar-refractivity contribution is 5.81. The molecule has 4 atom stereocenters. The van der Waals surface area contributed by atoms with E-state index in [1.54, 1.807) is 10.9 Å². The predicted octanol–water partition coefficient (Wildman–Crippen LogP) is -0.182. The molecule has 0 saturated carbocycles. The monoisotopic (exact) mass is 307 g/mol. The van der Waals surface area contributed by atoms with E-state index in [1.807, 2.05) is 13.8 Å². The summed E-state index contributed by atoms with van der Waals surface area (Å²) in [6, 6.07) is 0. The first-order valence-corrected chi connectivity index (χ1v) is 7.05. The van der Waals surface area contributed by atoms with Crippen LogP contribution in [0.1, 0.15) is 20.1 Å². The minimum absolute atomic E-state index is 0.152. The van der Waals surface area contributed by atoms with E-state index in [0.717, 1.165) is 0 Å². The number of nitrogens with zero attached hydrogens (tertiary/aromatic N) is 4. The van der Waals surface area contributed by atoms with Gasteiger partial charge in [0.15, 0.2) is 23.5 Å². The Labute approximate surface area is 126 Å². The number of rotatable bonds is 2. The van der Waals surface area contributed by atoms with Crippen molar-refractivity contribution in [1.82, 2.24) is 19.5 Å². The fourth-order valence-electron chi connectivity index (χ4n) is 3.09. The van der Waals surface area contributed by atoms with Crippen LogP contribution in [0.2, 0.25) is 0 Å². The topological polar surface area (TPSA) is 118 Å². The van der Waals surface area contributed by atoms with Gasteiger partial charge in [0.2, 0.25) is 0 Å². The van der Waals surface area contributed by atoms with Gasteiger partial charge in [0.05, 0.1) is 12.9 Å². The maximum atomic E-state index is 9.52. The van der Waals surface area contributed by atoms with E-state index in [0.29, 0.717) is 17.0 Å². The van der Waals surface area contributed by atoms with Crippen molar-refractivity contribution in [2.24, 2.45) is 0 Å². The summed E-state index contributed by atoms with van der Waals surface area (Å²) in [6.45, 7) is 3.52. The van der Waals surface area contributed by atoms with Gasteiger partial charge in [-0.05, 0) is 13.8 Å². The second kappa shape index (κ2) is 4.59. The van der Waals surface area contributed by atoms with Crippen molar-refractivity contribution in [3.05, 3.63) is 12.7 Å². The minimum Gasteiger partial charge on any atom is -0.394 e. The highest BCUT2D eigenvalue weighted by Crippen LogP contribution is 2.43. The quantitative estimate of drug-likeness (QED) is 0.784. The maximum absolute atomic E-state index is 9.52. The molecule has 2 aromatic heterocycles. The molecule has 2 aliphatic heterocycles. The van der Waals surface area contributed by atoms with Crippen LogP contribution in [0.4, 0.5) is 5.82 Å². The van der Waals surface area contributed by atoms with Crippen molar-refractivity contribution in [1.29, 1.82) is 0 Å². The Balaban J connectivity index is 1.77. The van der Waals surface area contributed by atoms with Crippen LogP contribution in [-0.2, 0) is 14.2 Å². The lowest BCUT2D eigenvalue weighted by atomic mass is 10.1. The Morgan fingerprint density at radius 2 is 2.05 bits per heavy atom. The zero-order valence-electron chi connectivity index (χ0n) is 12.2. The van der Waals surface area contributed by atoms with Crippen LogP contribution in [0.15, 0.2) is 12.7 Å². The van der Waals surface area contributed by atoms with Gasteiger partial charge >= 0.3 is 0 Å². The van der Waals surface area contributed by atoms with Crippen LogP contribution in [-0.4, -0.2) is 55.3 Å². The highest BCUT2D eigenvalue weighted by Gasteiger charge is 2.55. The zero-order chi connectivity index (χ0) is 15.5. The lowest BCUT2D eigenvalue weighted by molar-refractivity contribution is -0.199. The summed E-state index contributed by atoms with van der Waals surface area (Å²) >= 11 is 0. The lowest BCUT2D eigenvalue weighted by Gasteiger charge is -2.24. The molecule has 118 valence electrons. The Morgan fingerprint density at radius 3 is 2.82 bits per heavy atom. The molecule has 2 aromatic rings. The van der Waals surface area contributed by atoms with E-state index in [9.17, 15) is 5.11 Å². The van der Waals surface area contributed by atoms with E-state index in [-0.39, 0.29) is 18.8 Å². The molecule has 0 amide bonds. The van der Waals surface area contributed by atoms with Crippen LogP contribution < -0.4 is 5.73 Å². The third-order valence-electron chi connectivity index (χ3n) is 3.97. The summed E-state index contributed by atoms with van der Waals surface area (Å²) in [7, 11) is 0. The molecule has 0 unspecified atom stereocenters. The van der Waals surface area contributed by atoms with E-state index in [4.69, 9.17) is 19.9 Å². The van der Waals surface area contributed by atoms with Gasteiger partial charge in [-0.3, -0.25) is 4.57 Å². The molecule has 4 heterocycles. The molecule has 2 aliphatic rings. The van der Waals surface area contributed by atoms with E-state index >= 15 is 0 Å². The van der Waals surface area contributed by atoms with Gasteiger partial charge in [0.25, 0.3) is 0 Å². The summed E-state index contributed by atoms with van der Waals surface area (Å²) in [5, 5.41) is 9.52. The number of ether oxygens (including phenoxy) is 3. The molecule has 0 bridgehead atoms. The van der Waals surface area contributed by atoms with Gasteiger partial charge in [-0.25, -0.2) is 15.0 Å². The Kier molecular flexibility index (Phi) is 2.89. The highest BCUT2D eigenvalue weighted by atomic mass is 16.8.